The first-order chi connectivity index (χ1) is 9.77. The molecule has 1 aliphatic rings. The minimum atomic E-state index is -0.137. The number of nitrogens with zero attached hydrogens (tertiary/aromatic N) is 1. The molecule has 3 N–H and O–H groups in total. The second-order valence-corrected chi connectivity index (χ2v) is 7.05. The van der Waals surface area contributed by atoms with Gasteiger partial charge in [0.05, 0.1) is 10.6 Å². The lowest BCUT2D eigenvalue weighted by Crippen LogP contribution is -2.50. The summed E-state index contributed by atoms with van der Waals surface area (Å²) >= 11 is 6.07. The molecule has 21 heavy (non-hydrogen) atoms. The van der Waals surface area contributed by atoms with Crippen LogP contribution in [0.25, 0.3) is 0 Å². The van der Waals surface area contributed by atoms with Gasteiger partial charge in [-0.1, -0.05) is 11.6 Å². The highest BCUT2D eigenvalue weighted by Gasteiger charge is 2.27. The maximum absolute atomic E-state index is 12.3. The van der Waals surface area contributed by atoms with E-state index in [9.17, 15) is 4.79 Å². The molecule has 0 bridgehead atoms. The number of rotatable bonds is 2. The van der Waals surface area contributed by atoms with Crippen LogP contribution in [0, 0.1) is 0 Å². The van der Waals surface area contributed by atoms with E-state index in [0.717, 1.165) is 25.9 Å². The van der Waals surface area contributed by atoms with E-state index in [1.165, 1.54) is 0 Å². The van der Waals surface area contributed by atoms with Crippen LogP contribution >= 0.6 is 11.6 Å². The van der Waals surface area contributed by atoms with Crippen LogP contribution in [0.2, 0.25) is 5.02 Å². The molecule has 2 rings (SSSR count). The zero-order valence-electron chi connectivity index (χ0n) is 12.9. The standard InChI is InChI=1S/C16H24ClN3O/c1-16(2,3)20-8-6-12(7-9-20)19-15(21)13-10-11(18)4-5-14(13)17/h4-5,10,12H,6-9,18H2,1-3H3,(H,19,21). The van der Waals surface area contributed by atoms with E-state index < -0.39 is 0 Å². The minimum absolute atomic E-state index is 0.137. The Morgan fingerprint density at radius 2 is 1.95 bits per heavy atom. The lowest BCUT2D eigenvalue weighted by Gasteiger charge is -2.41. The highest BCUT2D eigenvalue weighted by molar-refractivity contribution is 6.34. The number of halogens is 1. The molecule has 5 heteroatoms. The maximum Gasteiger partial charge on any atom is 0.253 e. The number of nitrogen functional groups attached to an aromatic ring is 1. The van der Waals surface area contributed by atoms with Gasteiger partial charge in [0.1, 0.15) is 0 Å². The predicted octanol–water partition coefficient (Wildman–Crippen LogP) is 2.91. The molecule has 116 valence electrons. The molecule has 0 atom stereocenters. The molecule has 0 aliphatic carbocycles. The minimum Gasteiger partial charge on any atom is -0.399 e. The number of carbonyl (C=O) groups is 1. The molecule has 0 saturated carbocycles. The van der Waals surface area contributed by atoms with Gasteiger partial charge in [-0.3, -0.25) is 9.69 Å². The third-order valence-corrected chi connectivity index (χ3v) is 4.34. The predicted molar refractivity (Wildman–Crippen MR) is 87.7 cm³/mol. The average molecular weight is 310 g/mol. The van der Waals surface area contributed by atoms with Crippen LogP contribution in [0.5, 0.6) is 0 Å². The topological polar surface area (TPSA) is 58.4 Å². The molecular weight excluding hydrogens is 286 g/mol. The van der Waals surface area contributed by atoms with Gasteiger partial charge in [0.15, 0.2) is 0 Å². The Bertz CT molecular complexity index is 517. The van der Waals surface area contributed by atoms with Gasteiger partial charge in [0.2, 0.25) is 0 Å². The Morgan fingerprint density at radius 3 is 2.52 bits per heavy atom. The summed E-state index contributed by atoms with van der Waals surface area (Å²) in [4.78, 5) is 14.7. The van der Waals surface area contributed by atoms with Gasteiger partial charge in [0.25, 0.3) is 5.91 Å². The molecule has 4 nitrogen and oxygen atoms in total. The zero-order chi connectivity index (χ0) is 15.6. The fourth-order valence-corrected chi connectivity index (χ4v) is 2.88. The number of anilines is 1. The Labute approximate surface area is 131 Å². The van der Waals surface area contributed by atoms with Crippen molar-refractivity contribution < 1.29 is 4.79 Å². The summed E-state index contributed by atoms with van der Waals surface area (Å²) in [6.07, 6.45) is 1.92. The summed E-state index contributed by atoms with van der Waals surface area (Å²) in [6.45, 7) is 8.66. The van der Waals surface area contributed by atoms with Gasteiger partial charge in [-0.2, -0.15) is 0 Å². The van der Waals surface area contributed by atoms with Crippen molar-refractivity contribution in [2.24, 2.45) is 0 Å². The van der Waals surface area contributed by atoms with E-state index in [1.807, 2.05) is 0 Å². The lowest BCUT2D eigenvalue weighted by molar-refractivity contribution is 0.0813. The molecule has 1 saturated heterocycles. The van der Waals surface area contributed by atoms with Crippen molar-refractivity contribution in [3.8, 4) is 0 Å². The van der Waals surface area contributed by atoms with Gasteiger partial charge >= 0.3 is 0 Å². The van der Waals surface area contributed by atoms with Gasteiger partial charge < -0.3 is 11.1 Å². The summed E-state index contributed by atoms with van der Waals surface area (Å²) in [6, 6.07) is 5.19. The molecule has 0 spiro atoms. The Balaban J connectivity index is 1.94. The Kier molecular flexibility index (Phi) is 4.79. The summed E-state index contributed by atoms with van der Waals surface area (Å²) in [5, 5.41) is 3.51. The molecule has 1 heterocycles. The molecular formula is C16H24ClN3O. The summed E-state index contributed by atoms with van der Waals surface area (Å²) in [5.74, 6) is -0.137. The molecule has 1 aromatic rings. The van der Waals surface area contributed by atoms with Gasteiger partial charge in [-0.15, -0.1) is 0 Å². The van der Waals surface area contributed by atoms with Crippen LogP contribution in [-0.4, -0.2) is 35.5 Å². The number of hydrogen-bond acceptors (Lipinski definition) is 3. The first kappa shape index (κ1) is 16.1. The van der Waals surface area contributed by atoms with Crippen molar-refractivity contribution >= 4 is 23.2 Å². The first-order valence-electron chi connectivity index (χ1n) is 7.38. The molecule has 1 fully saturated rings. The number of likely N-dealkylation sites (tertiary alicyclic amines) is 1. The molecule has 1 aliphatic heterocycles. The number of nitrogens with one attached hydrogen (secondary N) is 1. The largest absolute Gasteiger partial charge is 0.399 e. The van der Waals surface area contributed by atoms with Crippen LogP contribution in [0.1, 0.15) is 44.0 Å². The number of amides is 1. The molecule has 1 aromatic carbocycles. The number of benzene rings is 1. The number of hydrogen-bond donors (Lipinski definition) is 2. The van der Waals surface area contributed by atoms with E-state index in [2.05, 4.69) is 31.0 Å². The normalized spacial score (nSPS) is 17.7. The highest BCUT2D eigenvalue weighted by Crippen LogP contribution is 2.22. The third-order valence-electron chi connectivity index (χ3n) is 4.01. The van der Waals surface area contributed by atoms with Crippen molar-refractivity contribution in [1.29, 1.82) is 0 Å². The van der Waals surface area contributed by atoms with E-state index in [4.69, 9.17) is 17.3 Å². The summed E-state index contributed by atoms with van der Waals surface area (Å²) < 4.78 is 0. The fourth-order valence-electron chi connectivity index (χ4n) is 2.67. The second-order valence-electron chi connectivity index (χ2n) is 6.64. The Hall–Kier alpha value is -1.26. The van der Waals surface area contributed by atoms with Crippen LogP contribution < -0.4 is 11.1 Å². The van der Waals surface area contributed by atoms with Gasteiger partial charge in [0, 0.05) is 30.4 Å². The van der Waals surface area contributed by atoms with Gasteiger partial charge in [-0.25, -0.2) is 0 Å². The van der Waals surface area contributed by atoms with E-state index in [1.54, 1.807) is 18.2 Å². The SMILES string of the molecule is CC(C)(C)N1CCC(NC(=O)c2cc(N)ccc2Cl)CC1. The summed E-state index contributed by atoms with van der Waals surface area (Å²) in [5.41, 5.74) is 6.91. The Morgan fingerprint density at radius 1 is 1.33 bits per heavy atom. The first-order valence-corrected chi connectivity index (χ1v) is 7.76. The lowest BCUT2D eigenvalue weighted by atomic mass is 9.98. The molecule has 0 radical (unpaired) electrons. The van der Waals surface area contributed by atoms with Crippen LogP contribution in [-0.2, 0) is 0 Å². The van der Waals surface area contributed by atoms with Gasteiger partial charge in [-0.05, 0) is 51.8 Å². The van der Waals surface area contributed by atoms with Crippen molar-refractivity contribution in [3.05, 3.63) is 28.8 Å². The number of piperidine rings is 1. The van der Waals surface area contributed by atoms with E-state index >= 15 is 0 Å². The van der Waals surface area contributed by atoms with Crippen LogP contribution in [0.3, 0.4) is 0 Å². The van der Waals surface area contributed by atoms with Crippen molar-refractivity contribution in [2.45, 2.75) is 45.2 Å². The smallest absolute Gasteiger partial charge is 0.253 e. The fraction of sp³-hybridized carbons (Fsp3) is 0.562. The monoisotopic (exact) mass is 309 g/mol. The van der Waals surface area contributed by atoms with Crippen molar-refractivity contribution in [2.75, 3.05) is 18.8 Å². The molecule has 1 amide bonds. The van der Waals surface area contributed by atoms with E-state index in [-0.39, 0.29) is 17.5 Å². The summed E-state index contributed by atoms with van der Waals surface area (Å²) in [7, 11) is 0. The van der Waals surface area contributed by atoms with Crippen LogP contribution in [0.4, 0.5) is 5.69 Å². The average Bonchev–Trinajstić information content (AvgIpc) is 2.41. The number of nitrogens with two attached hydrogens (primary N) is 1. The molecule has 0 unspecified atom stereocenters. The maximum atomic E-state index is 12.3. The van der Waals surface area contributed by atoms with E-state index in [0.29, 0.717) is 16.3 Å². The van der Waals surface area contributed by atoms with Crippen LogP contribution in [0.15, 0.2) is 18.2 Å². The third kappa shape index (κ3) is 4.11. The second kappa shape index (κ2) is 6.24. The molecule has 0 aromatic heterocycles. The van der Waals surface area contributed by atoms with Crippen molar-refractivity contribution in [3.63, 3.8) is 0 Å². The quantitative estimate of drug-likeness (QED) is 0.826. The number of carbonyl (C=O) groups excluding carboxylic acids is 1. The highest BCUT2D eigenvalue weighted by atomic mass is 35.5. The zero-order valence-corrected chi connectivity index (χ0v) is 13.7. The van der Waals surface area contributed by atoms with Crippen molar-refractivity contribution in [1.82, 2.24) is 10.2 Å².